The van der Waals surface area contributed by atoms with Crippen LogP contribution in [0.15, 0.2) is 12.2 Å². The summed E-state index contributed by atoms with van der Waals surface area (Å²) < 4.78 is 0. The number of hydrogen-bond acceptors (Lipinski definition) is 1. The molecular weight excluding hydrogens is 242 g/mol. The van der Waals surface area contributed by atoms with Crippen molar-refractivity contribution in [1.82, 2.24) is 5.32 Å². The number of unbranched alkanes of at least 4 members (excludes halogenated alkanes) is 8. The maximum absolute atomic E-state index is 4.01. The Labute approximate surface area is 128 Å². The van der Waals surface area contributed by atoms with Gasteiger partial charge in [-0.3, -0.25) is 0 Å². The summed E-state index contributed by atoms with van der Waals surface area (Å²) in [7, 11) is 0. The molecule has 0 fully saturated rings. The SMILES string of the molecule is C=C(C)CCC(CCCCCCCCCCC)NCC. The summed E-state index contributed by atoms with van der Waals surface area (Å²) in [5.74, 6) is 0. The third-order valence-electron chi connectivity index (χ3n) is 4.07. The number of allylic oxidation sites excluding steroid dienone is 1. The average molecular weight is 282 g/mol. The molecule has 0 aromatic rings. The van der Waals surface area contributed by atoms with Gasteiger partial charge in [0.15, 0.2) is 0 Å². The van der Waals surface area contributed by atoms with Crippen LogP contribution in [0.4, 0.5) is 0 Å². The zero-order chi connectivity index (χ0) is 15.1. The lowest BCUT2D eigenvalue weighted by Gasteiger charge is -2.17. The number of rotatable bonds is 15. The fourth-order valence-electron chi connectivity index (χ4n) is 2.76. The first-order valence-corrected chi connectivity index (χ1v) is 9.08. The van der Waals surface area contributed by atoms with E-state index in [1.807, 2.05) is 0 Å². The van der Waals surface area contributed by atoms with Crippen molar-refractivity contribution >= 4 is 0 Å². The van der Waals surface area contributed by atoms with Crippen LogP contribution in [0, 0.1) is 0 Å². The second-order valence-corrected chi connectivity index (χ2v) is 6.37. The largest absolute Gasteiger partial charge is 0.314 e. The van der Waals surface area contributed by atoms with E-state index in [9.17, 15) is 0 Å². The molecule has 0 rings (SSSR count). The van der Waals surface area contributed by atoms with Gasteiger partial charge in [0.25, 0.3) is 0 Å². The fraction of sp³-hybridized carbons (Fsp3) is 0.895. The van der Waals surface area contributed by atoms with E-state index in [2.05, 4.69) is 32.7 Å². The van der Waals surface area contributed by atoms with E-state index in [-0.39, 0.29) is 0 Å². The minimum absolute atomic E-state index is 0.709. The maximum atomic E-state index is 4.01. The Bertz CT molecular complexity index is 210. The van der Waals surface area contributed by atoms with Crippen LogP contribution in [0.25, 0.3) is 0 Å². The Balaban J connectivity index is 3.41. The molecule has 1 nitrogen and oxygen atoms in total. The summed E-state index contributed by atoms with van der Waals surface area (Å²) in [5, 5.41) is 3.62. The first-order chi connectivity index (χ1) is 9.70. The number of nitrogens with one attached hydrogen (secondary N) is 1. The van der Waals surface area contributed by atoms with Gasteiger partial charge >= 0.3 is 0 Å². The van der Waals surface area contributed by atoms with Gasteiger partial charge in [0.1, 0.15) is 0 Å². The first kappa shape index (κ1) is 19.7. The maximum Gasteiger partial charge on any atom is 0.00699 e. The summed E-state index contributed by atoms with van der Waals surface area (Å²) in [4.78, 5) is 0. The van der Waals surface area contributed by atoms with E-state index in [0.717, 1.165) is 6.54 Å². The molecule has 1 unspecified atom stereocenters. The quantitative estimate of drug-likeness (QED) is 0.277. The van der Waals surface area contributed by atoms with Crippen LogP contribution in [-0.2, 0) is 0 Å². The summed E-state index contributed by atoms with van der Waals surface area (Å²) in [6.07, 6.45) is 16.6. The Hall–Kier alpha value is -0.300. The van der Waals surface area contributed by atoms with Crippen LogP contribution in [-0.4, -0.2) is 12.6 Å². The third-order valence-corrected chi connectivity index (χ3v) is 4.07. The van der Waals surface area contributed by atoms with Gasteiger partial charge in [0.05, 0.1) is 0 Å². The van der Waals surface area contributed by atoms with Crippen LogP contribution in [0.3, 0.4) is 0 Å². The Morgan fingerprint density at radius 2 is 1.40 bits per heavy atom. The van der Waals surface area contributed by atoms with Crippen LogP contribution in [0.1, 0.15) is 97.8 Å². The van der Waals surface area contributed by atoms with Crippen LogP contribution in [0.2, 0.25) is 0 Å². The molecular formula is C19H39N. The molecule has 0 aromatic heterocycles. The summed E-state index contributed by atoms with van der Waals surface area (Å²) in [6.45, 7) is 11.7. The van der Waals surface area contributed by atoms with Gasteiger partial charge in [-0.15, -0.1) is 6.58 Å². The predicted octanol–water partition coefficient (Wildman–Crippen LogP) is 6.24. The lowest BCUT2D eigenvalue weighted by Crippen LogP contribution is -2.28. The molecule has 1 N–H and O–H groups in total. The minimum atomic E-state index is 0.709. The van der Waals surface area contributed by atoms with E-state index in [4.69, 9.17) is 0 Å². The highest BCUT2D eigenvalue weighted by Crippen LogP contribution is 2.14. The normalized spacial score (nSPS) is 12.6. The lowest BCUT2D eigenvalue weighted by atomic mass is 10.00. The third kappa shape index (κ3) is 14.1. The van der Waals surface area contributed by atoms with Crippen molar-refractivity contribution in [2.45, 2.75) is 104 Å². The molecule has 1 heteroatoms. The highest BCUT2D eigenvalue weighted by Gasteiger charge is 2.06. The van der Waals surface area contributed by atoms with Crippen molar-refractivity contribution in [2.24, 2.45) is 0 Å². The highest BCUT2D eigenvalue weighted by atomic mass is 14.9. The van der Waals surface area contributed by atoms with E-state index in [1.165, 1.54) is 82.6 Å². The molecule has 0 heterocycles. The molecule has 1 atom stereocenters. The lowest BCUT2D eigenvalue weighted by molar-refractivity contribution is 0.437. The molecule has 0 radical (unpaired) electrons. The molecule has 0 aromatic carbocycles. The van der Waals surface area contributed by atoms with Gasteiger partial charge in [0.2, 0.25) is 0 Å². The Morgan fingerprint density at radius 1 is 0.850 bits per heavy atom. The summed E-state index contributed by atoms with van der Waals surface area (Å²) in [6, 6.07) is 0.709. The van der Waals surface area contributed by atoms with Crippen molar-refractivity contribution < 1.29 is 0 Å². The number of hydrogen-bond donors (Lipinski definition) is 1. The molecule has 0 spiro atoms. The molecule has 0 amide bonds. The fourth-order valence-corrected chi connectivity index (χ4v) is 2.76. The molecule has 20 heavy (non-hydrogen) atoms. The van der Waals surface area contributed by atoms with Gasteiger partial charge < -0.3 is 5.32 Å². The predicted molar refractivity (Wildman–Crippen MR) is 93.4 cm³/mol. The topological polar surface area (TPSA) is 12.0 Å². The molecule has 0 aliphatic heterocycles. The van der Waals surface area contributed by atoms with Gasteiger partial charge in [-0.1, -0.05) is 77.2 Å². The van der Waals surface area contributed by atoms with Crippen molar-refractivity contribution in [3.63, 3.8) is 0 Å². The van der Waals surface area contributed by atoms with Crippen LogP contribution >= 0.6 is 0 Å². The second kappa shape index (κ2) is 15.1. The minimum Gasteiger partial charge on any atom is -0.314 e. The van der Waals surface area contributed by atoms with Crippen molar-refractivity contribution in [1.29, 1.82) is 0 Å². The molecule has 0 aliphatic carbocycles. The van der Waals surface area contributed by atoms with E-state index < -0.39 is 0 Å². The summed E-state index contributed by atoms with van der Waals surface area (Å²) in [5.41, 5.74) is 1.32. The van der Waals surface area contributed by atoms with Gasteiger partial charge in [-0.05, 0) is 32.7 Å². The van der Waals surface area contributed by atoms with Crippen LogP contribution < -0.4 is 5.32 Å². The molecule has 0 saturated heterocycles. The van der Waals surface area contributed by atoms with Gasteiger partial charge in [-0.2, -0.15) is 0 Å². The average Bonchev–Trinajstić information content (AvgIpc) is 2.42. The Kier molecular flexibility index (Phi) is 14.9. The van der Waals surface area contributed by atoms with Crippen molar-refractivity contribution in [3.05, 3.63) is 12.2 Å². The molecule has 0 bridgehead atoms. The van der Waals surface area contributed by atoms with Crippen LogP contribution in [0.5, 0.6) is 0 Å². The Morgan fingerprint density at radius 3 is 1.90 bits per heavy atom. The molecule has 120 valence electrons. The van der Waals surface area contributed by atoms with Gasteiger partial charge in [-0.25, -0.2) is 0 Å². The van der Waals surface area contributed by atoms with E-state index >= 15 is 0 Å². The van der Waals surface area contributed by atoms with Crippen molar-refractivity contribution in [3.8, 4) is 0 Å². The van der Waals surface area contributed by atoms with Gasteiger partial charge in [0, 0.05) is 6.04 Å². The first-order valence-electron chi connectivity index (χ1n) is 9.08. The molecule has 0 aliphatic rings. The monoisotopic (exact) mass is 281 g/mol. The highest BCUT2D eigenvalue weighted by molar-refractivity contribution is 4.89. The van der Waals surface area contributed by atoms with E-state index in [1.54, 1.807) is 0 Å². The zero-order valence-electron chi connectivity index (χ0n) is 14.5. The second-order valence-electron chi connectivity index (χ2n) is 6.37. The zero-order valence-corrected chi connectivity index (χ0v) is 14.5. The van der Waals surface area contributed by atoms with E-state index in [0.29, 0.717) is 6.04 Å². The smallest absolute Gasteiger partial charge is 0.00699 e. The standard InChI is InChI=1S/C19H39N/c1-5-7-8-9-10-11-12-13-14-15-19(20-6-2)17-16-18(3)4/h19-20H,3,5-17H2,1-2,4H3. The summed E-state index contributed by atoms with van der Waals surface area (Å²) >= 11 is 0. The molecule has 0 saturated carbocycles. The van der Waals surface area contributed by atoms with Crippen molar-refractivity contribution in [2.75, 3.05) is 6.54 Å².